The van der Waals surface area contributed by atoms with Gasteiger partial charge in [0.1, 0.15) is 0 Å². The number of hydrogen-bond donors (Lipinski definition) is 1. The van der Waals surface area contributed by atoms with Crippen molar-refractivity contribution in [2.75, 3.05) is 6.54 Å². The van der Waals surface area contributed by atoms with Gasteiger partial charge >= 0.3 is 0 Å². The summed E-state index contributed by atoms with van der Waals surface area (Å²) in [4.78, 5) is 11.7. The van der Waals surface area contributed by atoms with E-state index >= 15 is 0 Å². The average Bonchev–Trinajstić information content (AvgIpc) is 2.54. The molecule has 1 rings (SSSR count). The molecule has 0 aliphatic heterocycles. The van der Waals surface area contributed by atoms with E-state index in [0.29, 0.717) is 6.54 Å². The summed E-state index contributed by atoms with van der Waals surface area (Å²) in [5, 5.41) is 2.86. The second-order valence-corrected chi connectivity index (χ2v) is 7.92. The molecule has 142 valence electrons. The van der Waals surface area contributed by atoms with Crippen molar-refractivity contribution in [1.82, 2.24) is 5.32 Å². The highest BCUT2D eigenvalue weighted by atomic mass is 16.1. The van der Waals surface area contributed by atoms with Crippen LogP contribution in [0.25, 0.3) is 0 Å². The predicted octanol–water partition coefficient (Wildman–Crippen LogP) is 6.25. The maximum atomic E-state index is 11.7. The molecule has 1 amide bonds. The van der Waals surface area contributed by atoms with Crippen LogP contribution < -0.4 is 5.32 Å². The van der Waals surface area contributed by atoms with Gasteiger partial charge in [-0.15, -0.1) is 0 Å². The Labute approximate surface area is 160 Å². The van der Waals surface area contributed by atoms with Gasteiger partial charge in [0, 0.05) is 19.0 Å². The normalized spacial score (nSPS) is 18.8. The molecule has 0 radical (unpaired) electrons. The first kappa shape index (κ1) is 22.1. The fourth-order valence-corrected chi connectivity index (χ4v) is 3.27. The summed E-state index contributed by atoms with van der Waals surface area (Å²) in [6.07, 6.45) is 17.7. The number of hydrogen-bond acceptors (Lipinski definition) is 1. The predicted molar refractivity (Wildman–Crippen MR) is 114 cm³/mol. The standard InChI is InChI=1S/C24H35NO/c1-7-8-17-25-23(26)18-20(3)12-9-11-19(2)14-15-22-21(4)13-10-16-24(22,5)6/h9,11-12,14-15,18H,1,7-8,10,13,16-17H2,2-6H3/p+1/b12-9+,15-14+,19-11+,20-18+. The Morgan fingerprint density at radius 2 is 1.96 bits per heavy atom. The average molecular weight is 355 g/mol. The molecule has 0 bridgehead atoms. The van der Waals surface area contributed by atoms with E-state index in [9.17, 15) is 4.79 Å². The van der Waals surface area contributed by atoms with E-state index < -0.39 is 0 Å². The van der Waals surface area contributed by atoms with E-state index in [2.05, 4.69) is 58.2 Å². The molecule has 26 heavy (non-hydrogen) atoms. The van der Waals surface area contributed by atoms with Gasteiger partial charge in [-0.3, -0.25) is 4.79 Å². The first-order valence-corrected chi connectivity index (χ1v) is 9.75. The van der Waals surface area contributed by atoms with Crippen molar-refractivity contribution < 1.29 is 4.79 Å². The molecule has 0 atom stereocenters. The topological polar surface area (TPSA) is 29.1 Å². The molecule has 0 aromatic rings. The maximum Gasteiger partial charge on any atom is 0.244 e. The Kier molecular flexibility index (Phi) is 9.26. The minimum absolute atomic E-state index is 0.0388. The summed E-state index contributed by atoms with van der Waals surface area (Å²) in [6.45, 7) is 15.4. The van der Waals surface area contributed by atoms with Gasteiger partial charge in [-0.05, 0) is 56.6 Å². The minimum atomic E-state index is -0.0388. The maximum absolute atomic E-state index is 11.7. The number of allylic oxidation sites excluding steroid dienone is 9. The van der Waals surface area contributed by atoms with Gasteiger partial charge in [-0.2, -0.15) is 0 Å². The molecule has 1 aliphatic rings. The number of amides is 1. The number of carbonyl (C=O) groups excluding carboxylic acids is 1. The molecule has 1 aliphatic carbocycles. The fraction of sp³-hybridized carbons (Fsp3) is 0.500. The van der Waals surface area contributed by atoms with Crippen LogP contribution in [0.4, 0.5) is 0 Å². The van der Waals surface area contributed by atoms with Crippen LogP contribution in [0.5, 0.6) is 0 Å². The van der Waals surface area contributed by atoms with Gasteiger partial charge in [0.05, 0.1) is 13.3 Å². The Bertz CT molecular complexity index is 627. The van der Waals surface area contributed by atoms with Gasteiger partial charge in [-0.25, -0.2) is 0 Å². The van der Waals surface area contributed by atoms with Crippen molar-refractivity contribution in [2.24, 2.45) is 5.41 Å². The van der Waals surface area contributed by atoms with Crippen LogP contribution >= 0.6 is 0 Å². The molecule has 0 spiro atoms. The summed E-state index contributed by atoms with van der Waals surface area (Å²) in [6, 6.07) is 0. The van der Waals surface area contributed by atoms with Crippen molar-refractivity contribution in [2.45, 2.75) is 66.7 Å². The van der Waals surface area contributed by atoms with Crippen LogP contribution in [-0.4, -0.2) is 12.5 Å². The molecule has 0 aromatic carbocycles. The lowest BCUT2D eigenvalue weighted by molar-refractivity contribution is -0.116. The van der Waals surface area contributed by atoms with Crippen molar-refractivity contribution in [1.29, 1.82) is 0 Å². The van der Waals surface area contributed by atoms with Crippen LogP contribution in [0.15, 0.2) is 58.7 Å². The highest BCUT2D eigenvalue weighted by Crippen LogP contribution is 2.40. The molecule has 1 N–H and O–H groups in total. The lowest BCUT2D eigenvalue weighted by Gasteiger charge is -2.32. The molecular weight excluding hydrogens is 318 g/mol. The van der Waals surface area contributed by atoms with E-state index in [1.54, 1.807) is 6.08 Å². The summed E-state index contributed by atoms with van der Waals surface area (Å²) >= 11 is 0. The molecule has 2 heteroatoms. The first-order valence-electron chi connectivity index (χ1n) is 9.75. The van der Waals surface area contributed by atoms with Crippen LogP contribution in [0.1, 0.15) is 66.7 Å². The van der Waals surface area contributed by atoms with Gasteiger partial charge in [0.15, 0.2) is 0 Å². The lowest BCUT2D eigenvalue weighted by atomic mass is 9.72. The smallest absolute Gasteiger partial charge is 0.244 e. The molecule has 0 fully saturated rings. The van der Waals surface area contributed by atoms with Crippen molar-refractivity contribution >= 4 is 5.91 Å². The van der Waals surface area contributed by atoms with Gasteiger partial charge < -0.3 is 5.32 Å². The van der Waals surface area contributed by atoms with Crippen molar-refractivity contribution in [3.8, 4) is 0 Å². The zero-order valence-corrected chi connectivity index (χ0v) is 17.3. The molecule has 0 saturated heterocycles. The summed E-state index contributed by atoms with van der Waals surface area (Å²) in [7, 11) is 0. The van der Waals surface area contributed by atoms with Gasteiger partial charge in [0.25, 0.3) is 0 Å². The van der Waals surface area contributed by atoms with Crippen LogP contribution in [0.2, 0.25) is 0 Å². The fourth-order valence-electron chi connectivity index (χ4n) is 3.27. The van der Waals surface area contributed by atoms with Gasteiger partial charge in [-0.1, -0.05) is 55.4 Å². The van der Waals surface area contributed by atoms with Crippen LogP contribution in [0.3, 0.4) is 0 Å². The van der Waals surface area contributed by atoms with E-state index in [1.165, 1.54) is 36.0 Å². The second-order valence-electron chi connectivity index (χ2n) is 7.92. The number of unbranched alkanes of at least 4 members (excludes halogenated alkanes) is 1. The number of rotatable bonds is 8. The Morgan fingerprint density at radius 1 is 1.23 bits per heavy atom. The molecule has 0 saturated carbocycles. The highest BCUT2D eigenvalue weighted by molar-refractivity contribution is 5.88. The third kappa shape index (κ3) is 7.95. The van der Waals surface area contributed by atoms with Crippen LogP contribution in [0, 0.1) is 12.3 Å². The highest BCUT2D eigenvalue weighted by Gasteiger charge is 2.26. The van der Waals surface area contributed by atoms with Crippen LogP contribution in [-0.2, 0) is 4.79 Å². The van der Waals surface area contributed by atoms with E-state index in [1.807, 2.05) is 19.1 Å². The van der Waals surface area contributed by atoms with E-state index in [0.717, 1.165) is 18.4 Å². The third-order valence-corrected chi connectivity index (χ3v) is 4.86. The monoisotopic (exact) mass is 354 g/mol. The minimum Gasteiger partial charge on any atom is -0.352 e. The quantitative estimate of drug-likeness (QED) is 0.237. The zero-order valence-electron chi connectivity index (χ0n) is 17.3. The summed E-state index contributed by atoms with van der Waals surface area (Å²) in [5.41, 5.74) is 5.42. The van der Waals surface area contributed by atoms with Crippen molar-refractivity contribution in [3.05, 3.63) is 65.7 Å². The molecule has 0 heterocycles. The molecule has 0 unspecified atom stereocenters. The second kappa shape index (κ2) is 10.9. The summed E-state index contributed by atoms with van der Waals surface area (Å²) < 4.78 is 0. The summed E-state index contributed by atoms with van der Waals surface area (Å²) in [5.74, 6) is -0.0388. The molecular formula is C24H36NO+. The zero-order chi connectivity index (χ0) is 19.6. The Hall–Kier alpha value is -1.96. The Morgan fingerprint density at radius 3 is 2.62 bits per heavy atom. The number of nitrogens with one attached hydrogen (secondary N) is 1. The Balaban J connectivity index is 2.64. The molecule has 0 aromatic heterocycles. The SMILES string of the molecule is [CH2+]CCCNC(=O)/C=C(C)/C=C/C=C(C)/C=C/C1=C(C)CCCC1(C)C. The van der Waals surface area contributed by atoms with E-state index in [-0.39, 0.29) is 11.3 Å². The lowest BCUT2D eigenvalue weighted by Crippen LogP contribution is -2.22. The van der Waals surface area contributed by atoms with E-state index in [4.69, 9.17) is 0 Å². The third-order valence-electron chi connectivity index (χ3n) is 4.86. The van der Waals surface area contributed by atoms with Gasteiger partial charge in [0.2, 0.25) is 5.91 Å². The first-order chi connectivity index (χ1) is 12.3. The number of carbonyl (C=O) groups is 1. The molecule has 2 nitrogen and oxygen atoms in total. The largest absolute Gasteiger partial charge is 0.352 e. The van der Waals surface area contributed by atoms with Crippen molar-refractivity contribution in [3.63, 3.8) is 0 Å².